The van der Waals surface area contributed by atoms with Crippen LogP contribution in [0.2, 0.25) is 0 Å². The van der Waals surface area contributed by atoms with E-state index in [1.165, 1.54) is 24.3 Å². The summed E-state index contributed by atoms with van der Waals surface area (Å²) in [5, 5.41) is 2.78. The number of rotatable bonds is 6. The highest BCUT2D eigenvalue weighted by molar-refractivity contribution is 5.75. The van der Waals surface area contributed by atoms with Gasteiger partial charge in [-0.25, -0.2) is 4.79 Å². The zero-order chi connectivity index (χ0) is 21.6. The molecule has 0 aliphatic carbocycles. The van der Waals surface area contributed by atoms with Crippen LogP contribution in [0, 0.1) is 0 Å². The number of ether oxygens (including phenoxy) is 1. The van der Waals surface area contributed by atoms with Crippen LogP contribution in [-0.2, 0) is 6.54 Å². The van der Waals surface area contributed by atoms with E-state index in [0.717, 1.165) is 11.3 Å². The predicted octanol–water partition coefficient (Wildman–Crippen LogP) is 4.91. The second-order valence-electron chi connectivity index (χ2n) is 6.53. The fourth-order valence-corrected chi connectivity index (χ4v) is 2.99. The fraction of sp³-hybridized carbons (Fsp3) is 0.182. The molecule has 2 amide bonds. The lowest BCUT2D eigenvalue weighted by Gasteiger charge is -2.28. The number of hydrogen-bond donors (Lipinski definition) is 1. The highest BCUT2D eigenvalue weighted by Crippen LogP contribution is 2.26. The van der Waals surface area contributed by atoms with Gasteiger partial charge in [0.15, 0.2) is 0 Å². The first kappa shape index (κ1) is 21.2. The molecule has 0 bridgehead atoms. The first-order chi connectivity index (χ1) is 14.3. The first-order valence-electron chi connectivity index (χ1n) is 9.15. The second kappa shape index (κ2) is 9.30. The number of amides is 2. The summed E-state index contributed by atoms with van der Waals surface area (Å²) in [4.78, 5) is 18.7. The Bertz CT molecular complexity index is 909. The standard InChI is InChI=1S/C22H20F3N3O2/c1-28(20(17-7-3-2-4-8-17)19-9-5-6-14-26-19)21(29)27-15-16-10-12-18(13-11-16)30-22(23,24)25/h2-14,20H,15H2,1H3,(H,27,29)/t20-/m1/s1. The van der Waals surface area contributed by atoms with E-state index in [2.05, 4.69) is 15.0 Å². The van der Waals surface area contributed by atoms with Gasteiger partial charge in [-0.2, -0.15) is 0 Å². The molecule has 1 aromatic heterocycles. The van der Waals surface area contributed by atoms with Crippen LogP contribution in [0.15, 0.2) is 79.0 Å². The van der Waals surface area contributed by atoms with Crippen LogP contribution in [0.5, 0.6) is 5.75 Å². The molecule has 8 heteroatoms. The number of nitrogens with one attached hydrogen (secondary N) is 1. The maximum Gasteiger partial charge on any atom is 0.573 e. The first-order valence-corrected chi connectivity index (χ1v) is 9.15. The van der Waals surface area contributed by atoms with Crippen LogP contribution in [0.4, 0.5) is 18.0 Å². The van der Waals surface area contributed by atoms with Crippen LogP contribution in [0.25, 0.3) is 0 Å². The minimum atomic E-state index is -4.74. The highest BCUT2D eigenvalue weighted by atomic mass is 19.4. The van der Waals surface area contributed by atoms with Crippen LogP contribution < -0.4 is 10.1 Å². The Morgan fingerprint density at radius 2 is 1.70 bits per heavy atom. The molecule has 3 rings (SSSR count). The molecule has 0 spiro atoms. The van der Waals surface area contributed by atoms with Crippen LogP contribution >= 0.6 is 0 Å². The zero-order valence-electron chi connectivity index (χ0n) is 16.1. The van der Waals surface area contributed by atoms with E-state index in [9.17, 15) is 18.0 Å². The third-order valence-electron chi connectivity index (χ3n) is 4.39. The van der Waals surface area contributed by atoms with Gasteiger partial charge in [0.2, 0.25) is 0 Å². The summed E-state index contributed by atoms with van der Waals surface area (Å²) in [6.45, 7) is 0.152. The Morgan fingerprint density at radius 1 is 1.03 bits per heavy atom. The Balaban J connectivity index is 1.69. The average Bonchev–Trinajstić information content (AvgIpc) is 2.73. The van der Waals surface area contributed by atoms with Gasteiger partial charge in [0.25, 0.3) is 0 Å². The molecule has 0 radical (unpaired) electrons. The number of carbonyl (C=O) groups excluding carboxylic acids is 1. The van der Waals surface area contributed by atoms with Gasteiger partial charge < -0.3 is 15.0 Å². The monoisotopic (exact) mass is 415 g/mol. The minimum Gasteiger partial charge on any atom is -0.406 e. The van der Waals surface area contributed by atoms with Crippen LogP contribution in [0.1, 0.15) is 22.9 Å². The molecule has 0 unspecified atom stereocenters. The van der Waals surface area contributed by atoms with Crippen molar-refractivity contribution in [3.63, 3.8) is 0 Å². The summed E-state index contributed by atoms with van der Waals surface area (Å²) >= 11 is 0. The molecule has 1 atom stereocenters. The Kier molecular flexibility index (Phi) is 6.56. The summed E-state index contributed by atoms with van der Waals surface area (Å²) in [6.07, 6.45) is -3.07. The van der Waals surface area contributed by atoms with Gasteiger partial charge in [-0.05, 0) is 35.4 Å². The molecule has 5 nitrogen and oxygen atoms in total. The zero-order valence-corrected chi connectivity index (χ0v) is 16.1. The minimum absolute atomic E-state index is 0.152. The van der Waals surface area contributed by atoms with Crippen LogP contribution in [0.3, 0.4) is 0 Å². The third kappa shape index (κ3) is 5.73. The lowest BCUT2D eigenvalue weighted by molar-refractivity contribution is -0.274. The number of aromatic nitrogens is 1. The number of hydrogen-bond acceptors (Lipinski definition) is 3. The molecule has 0 fully saturated rings. The largest absolute Gasteiger partial charge is 0.573 e. The Morgan fingerprint density at radius 3 is 2.30 bits per heavy atom. The summed E-state index contributed by atoms with van der Waals surface area (Å²) in [5.74, 6) is -0.311. The van der Waals surface area contributed by atoms with Gasteiger partial charge in [0.1, 0.15) is 11.8 Å². The van der Waals surface area contributed by atoms with E-state index in [-0.39, 0.29) is 18.3 Å². The number of pyridine rings is 1. The van der Waals surface area contributed by atoms with Gasteiger partial charge in [0, 0.05) is 19.8 Å². The molecule has 0 aliphatic rings. The molecule has 3 aromatic rings. The van der Waals surface area contributed by atoms with Gasteiger partial charge in [-0.15, -0.1) is 13.2 Å². The van der Waals surface area contributed by atoms with Crippen molar-refractivity contribution in [2.24, 2.45) is 0 Å². The van der Waals surface area contributed by atoms with Gasteiger partial charge in [-0.1, -0.05) is 48.5 Å². The Labute approximate surface area is 172 Å². The molecule has 0 aliphatic heterocycles. The smallest absolute Gasteiger partial charge is 0.406 e. The number of alkyl halides is 3. The average molecular weight is 415 g/mol. The van der Waals surface area contributed by atoms with Crippen molar-refractivity contribution in [3.05, 3.63) is 95.8 Å². The van der Waals surface area contributed by atoms with Crippen molar-refractivity contribution in [3.8, 4) is 5.75 Å². The van der Waals surface area contributed by atoms with Gasteiger partial charge >= 0.3 is 12.4 Å². The van der Waals surface area contributed by atoms with Crippen LogP contribution in [-0.4, -0.2) is 29.3 Å². The molecule has 0 saturated heterocycles. The van der Waals surface area contributed by atoms with E-state index in [4.69, 9.17) is 0 Å². The molecule has 1 heterocycles. The van der Waals surface area contributed by atoms with Crippen molar-refractivity contribution >= 4 is 6.03 Å². The van der Waals surface area contributed by atoms with E-state index in [1.54, 1.807) is 24.2 Å². The molecule has 1 N–H and O–H groups in total. The molecule has 0 saturated carbocycles. The number of urea groups is 1. The quantitative estimate of drug-likeness (QED) is 0.622. The summed E-state index contributed by atoms with van der Waals surface area (Å²) in [7, 11) is 1.67. The normalized spacial score (nSPS) is 12.1. The van der Waals surface area contributed by atoms with Gasteiger partial charge in [0.05, 0.1) is 5.69 Å². The summed E-state index contributed by atoms with van der Waals surface area (Å²) in [6, 6.07) is 19.6. The van der Waals surface area contributed by atoms with Crippen molar-refractivity contribution in [1.82, 2.24) is 15.2 Å². The number of halogens is 3. The number of nitrogens with zero attached hydrogens (tertiary/aromatic N) is 2. The molecule has 2 aromatic carbocycles. The third-order valence-corrected chi connectivity index (χ3v) is 4.39. The van der Waals surface area contributed by atoms with E-state index < -0.39 is 12.4 Å². The van der Waals surface area contributed by atoms with Crippen molar-refractivity contribution in [2.75, 3.05) is 7.05 Å². The SMILES string of the molecule is CN(C(=O)NCc1ccc(OC(F)(F)F)cc1)[C@H](c1ccccc1)c1ccccn1. The number of benzene rings is 2. The maximum atomic E-state index is 12.8. The highest BCUT2D eigenvalue weighted by Gasteiger charge is 2.31. The molecule has 156 valence electrons. The Hall–Kier alpha value is -3.55. The molecular formula is C22H20F3N3O2. The van der Waals surface area contributed by atoms with Crippen molar-refractivity contribution in [2.45, 2.75) is 18.9 Å². The molecule has 30 heavy (non-hydrogen) atoms. The van der Waals surface area contributed by atoms with E-state index in [1.807, 2.05) is 42.5 Å². The summed E-state index contributed by atoms with van der Waals surface area (Å²) in [5.41, 5.74) is 2.26. The topological polar surface area (TPSA) is 54.5 Å². The van der Waals surface area contributed by atoms with Gasteiger partial charge in [-0.3, -0.25) is 4.98 Å². The lowest BCUT2D eigenvalue weighted by atomic mass is 10.0. The second-order valence-corrected chi connectivity index (χ2v) is 6.53. The fourth-order valence-electron chi connectivity index (χ4n) is 2.99. The van der Waals surface area contributed by atoms with E-state index >= 15 is 0 Å². The summed E-state index contributed by atoms with van der Waals surface area (Å²) < 4.78 is 40.6. The van der Waals surface area contributed by atoms with Crippen molar-refractivity contribution in [1.29, 1.82) is 0 Å². The van der Waals surface area contributed by atoms with Crippen molar-refractivity contribution < 1.29 is 22.7 Å². The predicted molar refractivity (Wildman–Crippen MR) is 106 cm³/mol. The lowest BCUT2D eigenvalue weighted by Crippen LogP contribution is -2.40. The maximum absolute atomic E-state index is 12.8. The number of carbonyl (C=O) groups is 1. The molecular weight excluding hydrogens is 395 g/mol. The van der Waals surface area contributed by atoms with E-state index in [0.29, 0.717) is 5.56 Å².